The van der Waals surface area contributed by atoms with E-state index in [4.69, 9.17) is 0 Å². The van der Waals surface area contributed by atoms with Gasteiger partial charge in [0.25, 0.3) is 0 Å². The Balaban J connectivity index is 1.92. The van der Waals surface area contributed by atoms with Crippen molar-refractivity contribution in [3.63, 3.8) is 0 Å². The second-order valence-corrected chi connectivity index (χ2v) is 4.48. The minimum Gasteiger partial charge on any atom is -0.342 e. The van der Waals surface area contributed by atoms with Gasteiger partial charge in [0.05, 0.1) is 11.0 Å². The van der Waals surface area contributed by atoms with Crippen molar-refractivity contribution in [1.29, 1.82) is 0 Å². The molecular weight excluding hydrogens is 198 g/mol. The lowest BCUT2D eigenvalue weighted by molar-refractivity contribution is 0.726. The van der Waals surface area contributed by atoms with Gasteiger partial charge in [0, 0.05) is 13.1 Å². The largest absolute Gasteiger partial charge is 0.342 e. The molecule has 1 saturated heterocycles. The van der Waals surface area contributed by atoms with Crippen LogP contribution in [0.1, 0.15) is 25.7 Å². The molecular formula is C13H17N3. The first-order valence-electron chi connectivity index (χ1n) is 6.13. The Morgan fingerprint density at radius 3 is 2.50 bits per heavy atom. The van der Waals surface area contributed by atoms with Gasteiger partial charge in [0.15, 0.2) is 0 Å². The number of H-pyrrole nitrogens is 1. The monoisotopic (exact) mass is 215 g/mol. The second kappa shape index (κ2) is 4.16. The average molecular weight is 215 g/mol. The normalized spacial score (nSPS) is 17.6. The first-order valence-corrected chi connectivity index (χ1v) is 6.13. The molecule has 2 aromatic rings. The van der Waals surface area contributed by atoms with E-state index in [1.54, 1.807) is 0 Å². The number of aromatic nitrogens is 2. The molecule has 3 heteroatoms. The summed E-state index contributed by atoms with van der Waals surface area (Å²) in [6.07, 6.45) is 5.29. The number of nitrogens with zero attached hydrogens (tertiary/aromatic N) is 2. The number of anilines is 1. The Hall–Kier alpha value is -1.51. The van der Waals surface area contributed by atoms with Crippen molar-refractivity contribution in [3.05, 3.63) is 24.3 Å². The summed E-state index contributed by atoms with van der Waals surface area (Å²) in [4.78, 5) is 10.4. The molecule has 1 N–H and O–H groups in total. The van der Waals surface area contributed by atoms with Crippen molar-refractivity contribution in [2.45, 2.75) is 25.7 Å². The predicted octanol–water partition coefficient (Wildman–Crippen LogP) is 2.94. The van der Waals surface area contributed by atoms with Crippen LogP contribution in [0.4, 0.5) is 5.95 Å². The minimum atomic E-state index is 1.04. The summed E-state index contributed by atoms with van der Waals surface area (Å²) in [7, 11) is 0. The summed E-state index contributed by atoms with van der Waals surface area (Å²) in [6.45, 7) is 2.28. The highest BCUT2D eigenvalue weighted by Crippen LogP contribution is 2.20. The number of nitrogens with one attached hydrogen (secondary N) is 1. The fourth-order valence-corrected chi connectivity index (χ4v) is 2.37. The molecule has 16 heavy (non-hydrogen) atoms. The Morgan fingerprint density at radius 1 is 1.00 bits per heavy atom. The second-order valence-electron chi connectivity index (χ2n) is 4.48. The van der Waals surface area contributed by atoms with Crippen LogP contribution in [0.25, 0.3) is 11.0 Å². The first-order chi connectivity index (χ1) is 7.93. The lowest BCUT2D eigenvalue weighted by Gasteiger charge is -2.18. The molecule has 1 aromatic heterocycles. The van der Waals surface area contributed by atoms with E-state index in [2.05, 4.69) is 27.0 Å². The Morgan fingerprint density at radius 2 is 1.75 bits per heavy atom. The van der Waals surface area contributed by atoms with E-state index in [1.165, 1.54) is 25.7 Å². The summed E-state index contributed by atoms with van der Waals surface area (Å²) in [6, 6.07) is 8.24. The fourth-order valence-electron chi connectivity index (χ4n) is 2.37. The molecule has 1 fully saturated rings. The molecule has 0 bridgehead atoms. The van der Waals surface area contributed by atoms with Gasteiger partial charge in [-0.05, 0) is 25.0 Å². The highest BCUT2D eigenvalue weighted by atomic mass is 15.3. The van der Waals surface area contributed by atoms with Crippen LogP contribution in [-0.4, -0.2) is 23.1 Å². The molecule has 0 saturated carbocycles. The smallest absolute Gasteiger partial charge is 0.203 e. The topological polar surface area (TPSA) is 31.9 Å². The van der Waals surface area contributed by atoms with E-state index in [9.17, 15) is 0 Å². The van der Waals surface area contributed by atoms with Crippen molar-refractivity contribution in [1.82, 2.24) is 9.97 Å². The predicted molar refractivity (Wildman–Crippen MR) is 66.8 cm³/mol. The standard InChI is InChI=1S/C13H17N3/c1-2-6-10-16(9-5-1)13-14-11-7-3-4-8-12(11)15-13/h3-4,7-8H,1-2,5-6,9-10H2,(H,14,15). The van der Waals surface area contributed by atoms with Crippen LogP contribution in [0, 0.1) is 0 Å². The molecule has 1 aromatic carbocycles. The fraction of sp³-hybridized carbons (Fsp3) is 0.462. The molecule has 1 aliphatic rings. The summed E-state index contributed by atoms with van der Waals surface area (Å²) >= 11 is 0. The molecule has 3 rings (SSSR count). The Kier molecular flexibility index (Phi) is 2.52. The number of fused-ring (bicyclic) bond motifs is 1. The van der Waals surface area contributed by atoms with E-state index in [0.717, 1.165) is 30.1 Å². The van der Waals surface area contributed by atoms with E-state index < -0.39 is 0 Å². The van der Waals surface area contributed by atoms with Gasteiger partial charge in [0.2, 0.25) is 5.95 Å². The number of para-hydroxylation sites is 2. The van der Waals surface area contributed by atoms with E-state index in [0.29, 0.717) is 0 Å². The quantitative estimate of drug-likeness (QED) is 0.793. The Labute approximate surface area is 95.5 Å². The van der Waals surface area contributed by atoms with Gasteiger partial charge >= 0.3 is 0 Å². The third-order valence-electron chi connectivity index (χ3n) is 3.28. The van der Waals surface area contributed by atoms with Crippen LogP contribution in [0.2, 0.25) is 0 Å². The van der Waals surface area contributed by atoms with Crippen molar-refractivity contribution in [2.75, 3.05) is 18.0 Å². The zero-order valence-electron chi connectivity index (χ0n) is 9.45. The maximum absolute atomic E-state index is 4.65. The van der Waals surface area contributed by atoms with Crippen molar-refractivity contribution < 1.29 is 0 Å². The molecule has 0 atom stereocenters. The molecule has 84 valence electrons. The van der Waals surface area contributed by atoms with Crippen molar-refractivity contribution in [2.24, 2.45) is 0 Å². The molecule has 0 spiro atoms. The maximum Gasteiger partial charge on any atom is 0.203 e. The lowest BCUT2D eigenvalue weighted by Crippen LogP contribution is -2.24. The van der Waals surface area contributed by atoms with Crippen LogP contribution < -0.4 is 4.90 Å². The first kappa shape index (κ1) is 9.70. The molecule has 1 aliphatic heterocycles. The number of aromatic amines is 1. The number of rotatable bonds is 1. The maximum atomic E-state index is 4.65. The summed E-state index contributed by atoms with van der Waals surface area (Å²) < 4.78 is 0. The summed E-state index contributed by atoms with van der Waals surface area (Å²) in [5, 5.41) is 0. The van der Waals surface area contributed by atoms with Crippen LogP contribution in [0.5, 0.6) is 0 Å². The molecule has 2 heterocycles. The summed E-state index contributed by atoms with van der Waals surface area (Å²) in [5.74, 6) is 1.04. The Bertz CT molecular complexity index is 434. The van der Waals surface area contributed by atoms with Gasteiger partial charge < -0.3 is 9.88 Å². The third kappa shape index (κ3) is 1.77. The van der Waals surface area contributed by atoms with E-state index in [1.807, 2.05) is 12.1 Å². The lowest BCUT2D eigenvalue weighted by atomic mass is 10.2. The van der Waals surface area contributed by atoms with Gasteiger partial charge in [0.1, 0.15) is 0 Å². The SMILES string of the molecule is c1ccc2[nH]c(N3CCCCCC3)nc2c1. The highest BCUT2D eigenvalue weighted by molar-refractivity contribution is 5.77. The van der Waals surface area contributed by atoms with E-state index >= 15 is 0 Å². The third-order valence-corrected chi connectivity index (χ3v) is 3.28. The van der Waals surface area contributed by atoms with Crippen LogP contribution in [0.15, 0.2) is 24.3 Å². The molecule has 0 aliphatic carbocycles. The van der Waals surface area contributed by atoms with Gasteiger partial charge in [-0.15, -0.1) is 0 Å². The van der Waals surface area contributed by atoms with Crippen molar-refractivity contribution in [3.8, 4) is 0 Å². The van der Waals surface area contributed by atoms with Crippen LogP contribution in [-0.2, 0) is 0 Å². The number of hydrogen-bond donors (Lipinski definition) is 1. The molecule has 0 amide bonds. The van der Waals surface area contributed by atoms with Crippen molar-refractivity contribution >= 4 is 17.0 Å². The molecule has 0 unspecified atom stereocenters. The van der Waals surface area contributed by atoms with Gasteiger partial charge in [-0.2, -0.15) is 0 Å². The molecule has 3 nitrogen and oxygen atoms in total. The number of hydrogen-bond acceptors (Lipinski definition) is 2. The number of imidazole rings is 1. The van der Waals surface area contributed by atoms with Gasteiger partial charge in [-0.3, -0.25) is 0 Å². The van der Waals surface area contributed by atoms with E-state index in [-0.39, 0.29) is 0 Å². The minimum absolute atomic E-state index is 1.04. The van der Waals surface area contributed by atoms with Crippen LogP contribution >= 0.6 is 0 Å². The number of benzene rings is 1. The zero-order chi connectivity index (χ0) is 10.8. The highest BCUT2D eigenvalue weighted by Gasteiger charge is 2.12. The molecule has 0 radical (unpaired) electrons. The summed E-state index contributed by atoms with van der Waals surface area (Å²) in [5.41, 5.74) is 2.21. The van der Waals surface area contributed by atoms with Crippen LogP contribution in [0.3, 0.4) is 0 Å². The zero-order valence-corrected chi connectivity index (χ0v) is 9.45. The average Bonchev–Trinajstić information content (AvgIpc) is 2.56. The van der Waals surface area contributed by atoms with Gasteiger partial charge in [-0.25, -0.2) is 4.98 Å². The van der Waals surface area contributed by atoms with Gasteiger partial charge in [-0.1, -0.05) is 25.0 Å².